The first kappa shape index (κ1) is 14.8. The second-order valence-electron chi connectivity index (χ2n) is 3.83. The Bertz CT molecular complexity index is 706. The highest BCUT2D eigenvalue weighted by atomic mass is 35.5. The number of thiophene rings is 1. The number of carbonyl (C=O) groups excluding carboxylic acids is 1. The Kier molecular flexibility index (Phi) is 4.32. The lowest BCUT2D eigenvalue weighted by atomic mass is 10.3. The zero-order valence-corrected chi connectivity index (χ0v) is 12.7. The van der Waals surface area contributed by atoms with Crippen LogP contribution >= 0.6 is 22.9 Å². The number of hydrogen-bond acceptors (Lipinski definition) is 5. The maximum absolute atomic E-state index is 12.0. The fourth-order valence-corrected chi connectivity index (χ4v) is 4.36. The van der Waals surface area contributed by atoms with Gasteiger partial charge in [0.1, 0.15) is 15.0 Å². The van der Waals surface area contributed by atoms with Crippen LogP contribution < -0.4 is 9.46 Å². The van der Waals surface area contributed by atoms with Gasteiger partial charge in [0.2, 0.25) is 0 Å². The highest BCUT2D eigenvalue weighted by Gasteiger charge is 2.25. The highest BCUT2D eigenvalue weighted by Crippen LogP contribution is 2.31. The number of halogens is 1. The van der Waals surface area contributed by atoms with Gasteiger partial charge in [-0.1, -0.05) is 29.8 Å². The van der Waals surface area contributed by atoms with Crippen LogP contribution in [-0.4, -0.2) is 14.5 Å². The lowest BCUT2D eigenvalue weighted by Crippen LogP contribution is -2.33. The van der Waals surface area contributed by atoms with Gasteiger partial charge < -0.3 is 4.74 Å². The van der Waals surface area contributed by atoms with Crippen molar-refractivity contribution in [3.63, 3.8) is 0 Å². The molecule has 0 aliphatic carbocycles. The quantitative estimate of drug-likeness (QED) is 0.937. The van der Waals surface area contributed by atoms with Crippen molar-refractivity contribution in [1.82, 2.24) is 4.72 Å². The summed E-state index contributed by atoms with van der Waals surface area (Å²) in [6.07, 6.45) is -1.09. The van der Waals surface area contributed by atoms with Crippen molar-refractivity contribution < 1.29 is 17.9 Å². The summed E-state index contributed by atoms with van der Waals surface area (Å²) in [6.45, 7) is 1.60. The molecule has 0 spiro atoms. The molecule has 8 heteroatoms. The third kappa shape index (κ3) is 3.30. The minimum Gasteiger partial charge on any atom is -0.410 e. The van der Waals surface area contributed by atoms with Gasteiger partial charge in [0.15, 0.2) is 0 Å². The molecule has 0 aliphatic rings. The Morgan fingerprint density at radius 2 is 1.95 bits per heavy atom. The van der Waals surface area contributed by atoms with Crippen molar-refractivity contribution in [1.29, 1.82) is 0 Å². The molecule has 1 aromatic carbocycles. The lowest BCUT2D eigenvalue weighted by molar-refractivity contribution is 0.207. The van der Waals surface area contributed by atoms with E-state index in [9.17, 15) is 13.2 Å². The molecule has 0 radical (unpaired) electrons. The topological polar surface area (TPSA) is 72.5 Å². The minimum absolute atomic E-state index is 0.0995. The molecule has 2 rings (SSSR count). The van der Waals surface area contributed by atoms with Gasteiger partial charge in [-0.3, -0.25) is 0 Å². The summed E-state index contributed by atoms with van der Waals surface area (Å²) in [5, 5.41) is 1.60. The van der Waals surface area contributed by atoms with Gasteiger partial charge >= 0.3 is 6.09 Å². The van der Waals surface area contributed by atoms with Crippen LogP contribution in [0.5, 0.6) is 5.75 Å². The molecular formula is C12H10ClNO4S2. The zero-order valence-electron chi connectivity index (χ0n) is 10.3. The number of para-hydroxylation sites is 1. The van der Waals surface area contributed by atoms with E-state index in [0.717, 1.165) is 11.3 Å². The van der Waals surface area contributed by atoms with Crippen molar-refractivity contribution in [2.45, 2.75) is 11.8 Å². The number of ether oxygens (including phenoxy) is 1. The van der Waals surface area contributed by atoms with E-state index < -0.39 is 16.1 Å². The molecular weight excluding hydrogens is 322 g/mol. The van der Waals surface area contributed by atoms with Crippen LogP contribution in [0.25, 0.3) is 0 Å². The third-order valence-electron chi connectivity index (χ3n) is 2.32. The van der Waals surface area contributed by atoms with Crippen LogP contribution in [0.15, 0.2) is 40.6 Å². The predicted octanol–water partition coefficient (Wildman–Crippen LogP) is 3.19. The van der Waals surface area contributed by atoms with Gasteiger partial charge in [0, 0.05) is 0 Å². The predicted molar refractivity (Wildman–Crippen MR) is 76.9 cm³/mol. The van der Waals surface area contributed by atoms with Crippen molar-refractivity contribution >= 4 is 39.1 Å². The standard InChI is InChI=1S/C12H10ClNO4S2/c1-8-7-19-11(13)10(8)20(16,17)14-12(15)18-9-5-3-2-4-6-9/h2-7H,1H3,(H,14,15). The van der Waals surface area contributed by atoms with Gasteiger partial charge in [-0.2, -0.15) is 0 Å². The number of aryl methyl sites for hydroxylation is 1. The molecule has 106 valence electrons. The molecule has 1 aromatic heterocycles. The molecule has 5 nitrogen and oxygen atoms in total. The number of amides is 1. The van der Waals surface area contributed by atoms with E-state index in [2.05, 4.69) is 0 Å². The summed E-state index contributed by atoms with van der Waals surface area (Å²) in [5.74, 6) is 0.244. The maximum Gasteiger partial charge on any atom is 0.426 e. The second-order valence-corrected chi connectivity index (χ2v) is 6.93. The highest BCUT2D eigenvalue weighted by molar-refractivity contribution is 7.90. The van der Waals surface area contributed by atoms with Crippen molar-refractivity contribution in [2.75, 3.05) is 0 Å². The SMILES string of the molecule is Cc1csc(Cl)c1S(=O)(=O)NC(=O)Oc1ccccc1. The first-order valence-electron chi connectivity index (χ1n) is 5.43. The van der Waals surface area contributed by atoms with E-state index in [0.29, 0.717) is 5.56 Å². The van der Waals surface area contributed by atoms with Gasteiger partial charge in [-0.15, -0.1) is 11.3 Å². The third-order valence-corrected chi connectivity index (χ3v) is 5.39. The van der Waals surface area contributed by atoms with E-state index in [1.54, 1.807) is 30.5 Å². The normalized spacial score (nSPS) is 11.1. The molecule has 1 N–H and O–H groups in total. The largest absolute Gasteiger partial charge is 0.426 e. The van der Waals surface area contributed by atoms with Crippen LogP contribution in [0.1, 0.15) is 5.56 Å². The second kappa shape index (κ2) is 5.82. The lowest BCUT2D eigenvalue weighted by Gasteiger charge is -2.07. The van der Waals surface area contributed by atoms with Crippen LogP contribution in [0.4, 0.5) is 4.79 Å². The minimum atomic E-state index is -4.04. The Balaban J connectivity index is 2.15. The van der Waals surface area contributed by atoms with E-state index >= 15 is 0 Å². The summed E-state index contributed by atoms with van der Waals surface area (Å²) in [6, 6.07) is 8.15. The Hall–Kier alpha value is -1.57. The first-order valence-corrected chi connectivity index (χ1v) is 8.17. The molecule has 0 saturated heterocycles. The summed E-state index contributed by atoms with van der Waals surface area (Å²) >= 11 is 6.90. The average molecular weight is 332 g/mol. The molecule has 0 aliphatic heterocycles. The summed E-state index contributed by atoms with van der Waals surface area (Å²) in [5.41, 5.74) is 0.472. The molecule has 1 amide bonds. The van der Waals surface area contributed by atoms with Crippen molar-refractivity contribution in [2.24, 2.45) is 0 Å². The molecule has 1 heterocycles. The number of benzene rings is 1. The Morgan fingerprint density at radius 1 is 1.30 bits per heavy atom. The summed E-state index contributed by atoms with van der Waals surface area (Å²) in [4.78, 5) is 11.5. The van der Waals surface area contributed by atoms with E-state index in [4.69, 9.17) is 16.3 Å². The maximum atomic E-state index is 12.0. The number of nitrogens with one attached hydrogen (secondary N) is 1. The van der Waals surface area contributed by atoms with Crippen LogP contribution in [-0.2, 0) is 10.0 Å². The number of hydrogen-bond donors (Lipinski definition) is 1. The smallest absolute Gasteiger partial charge is 0.410 e. The first-order chi connectivity index (χ1) is 9.40. The van der Waals surface area contributed by atoms with E-state index in [1.807, 2.05) is 4.72 Å². The van der Waals surface area contributed by atoms with Crippen molar-refractivity contribution in [3.05, 3.63) is 45.6 Å². The van der Waals surface area contributed by atoms with Crippen LogP contribution in [0, 0.1) is 6.92 Å². The van der Waals surface area contributed by atoms with Crippen molar-refractivity contribution in [3.8, 4) is 5.75 Å². The zero-order chi connectivity index (χ0) is 14.8. The average Bonchev–Trinajstić information content (AvgIpc) is 2.70. The molecule has 0 unspecified atom stereocenters. The van der Waals surface area contributed by atoms with Gasteiger partial charge in [0.25, 0.3) is 10.0 Å². The summed E-state index contributed by atoms with van der Waals surface area (Å²) < 4.78 is 30.9. The molecule has 0 fully saturated rings. The monoisotopic (exact) mass is 331 g/mol. The van der Waals surface area contributed by atoms with Gasteiger partial charge in [-0.25, -0.2) is 17.9 Å². The van der Waals surface area contributed by atoms with Gasteiger partial charge in [-0.05, 0) is 30.0 Å². The van der Waals surface area contributed by atoms with Crippen LogP contribution in [0.3, 0.4) is 0 Å². The van der Waals surface area contributed by atoms with E-state index in [1.165, 1.54) is 12.1 Å². The Morgan fingerprint density at radius 3 is 2.50 bits per heavy atom. The molecule has 20 heavy (non-hydrogen) atoms. The molecule has 0 atom stereocenters. The van der Waals surface area contributed by atoms with Gasteiger partial charge in [0.05, 0.1) is 0 Å². The molecule has 0 saturated carbocycles. The fourth-order valence-electron chi connectivity index (χ4n) is 1.50. The van der Waals surface area contributed by atoms with E-state index in [-0.39, 0.29) is 15.0 Å². The Labute approximate surface area is 125 Å². The number of rotatable bonds is 3. The summed E-state index contributed by atoms with van der Waals surface area (Å²) in [7, 11) is -4.04. The number of sulfonamides is 1. The molecule has 2 aromatic rings. The molecule has 0 bridgehead atoms. The number of carbonyl (C=O) groups is 1. The van der Waals surface area contributed by atoms with Crippen LogP contribution in [0.2, 0.25) is 4.34 Å². The fraction of sp³-hybridized carbons (Fsp3) is 0.0833.